The van der Waals surface area contributed by atoms with Crippen molar-refractivity contribution in [1.82, 2.24) is 0 Å². The zero-order valence-corrected chi connectivity index (χ0v) is 9.94. The summed E-state index contributed by atoms with van der Waals surface area (Å²) in [5.74, 6) is -0.201. The van der Waals surface area contributed by atoms with Gasteiger partial charge < -0.3 is 19.3 Å². The van der Waals surface area contributed by atoms with Gasteiger partial charge in [-0.2, -0.15) is 0 Å². The van der Waals surface area contributed by atoms with E-state index in [-0.39, 0.29) is 11.3 Å². The highest BCUT2D eigenvalue weighted by Gasteiger charge is 2.22. The van der Waals surface area contributed by atoms with Crippen molar-refractivity contribution >= 4 is 12.0 Å². The molecule has 1 aromatic carbocycles. The molecule has 92 valence electrons. The molecule has 0 saturated carbocycles. The third-order valence-electron chi connectivity index (χ3n) is 2.31. The van der Waals surface area contributed by atoms with Crippen LogP contribution < -0.4 is 14.2 Å². The molecule has 0 amide bonds. The van der Waals surface area contributed by atoms with Crippen molar-refractivity contribution in [2.24, 2.45) is 0 Å². The number of rotatable bonds is 5. The van der Waals surface area contributed by atoms with Gasteiger partial charge in [0, 0.05) is 11.6 Å². The number of ether oxygens (including phenoxy) is 3. The van der Waals surface area contributed by atoms with Crippen molar-refractivity contribution in [2.75, 3.05) is 21.3 Å². The predicted octanol–water partition coefficient (Wildman–Crippen LogP) is 2.05. The fourth-order valence-electron chi connectivity index (χ4n) is 1.57. The fraction of sp³-hybridized carbons (Fsp3) is 0.250. The number of hydrogen-bond donors (Lipinski definition) is 1. The molecule has 0 heterocycles. The molecule has 1 N–H and O–H groups in total. The van der Waals surface area contributed by atoms with Gasteiger partial charge in [-0.05, 0) is 0 Å². The summed E-state index contributed by atoms with van der Waals surface area (Å²) in [4.78, 5) is 11.2. The third kappa shape index (κ3) is 2.18. The van der Waals surface area contributed by atoms with E-state index in [2.05, 4.69) is 6.58 Å². The van der Waals surface area contributed by atoms with Gasteiger partial charge in [0.25, 0.3) is 0 Å². The number of carbonyl (C=O) groups is 1. The Bertz CT molecular complexity index is 451. The molecular weight excluding hydrogens is 224 g/mol. The van der Waals surface area contributed by atoms with Crippen molar-refractivity contribution in [1.29, 1.82) is 0 Å². The summed E-state index contributed by atoms with van der Waals surface area (Å²) in [5.41, 5.74) is 0.330. The summed E-state index contributed by atoms with van der Waals surface area (Å²) in [6, 6.07) is 1.47. The fourth-order valence-corrected chi connectivity index (χ4v) is 1.57. The molecule has 0 spiro atoms. The average molecular weight is 238 g/mol. The lowest BCUT2D eigenvalue weighted by molar-refractivity contribution is 0.0692. The Labute approximate surface area is 99.2 Å². The van der Waals surface area contributed by atoms with Gasteiger partial charge in [0.05, 0.1) is 21.3 Å². The zero-order chi connectivity index (χ0) is 13.0. The number of benzene rings is 1. The van der Waals surface area contributed by atoms with Crippen molar-refractivity contribution in [2.45, 2.75) is 0 Å². The normalized spacial score (nSPS) is 9.59. The molecule has 0 aliphatic carbocycles. The van der Waals surface area contributed by atoms with Crippen LogP contribution in [-0.4, -0.2) is 32.4 Å². The van der Waals surface area contributed by atoms with Crippen LogP contribution in [0.5, 0.6) is 17.2 Å². The van der Waals surface area contributed by atoms with Crippen LogP contribution in [0, 0.1) is 0 Å². The molecule has 0 aliphatic heterocycles. The Balaban J connectivity index is 3.67. The summed E-state index contributed by atoms with van der Waals surface area (Å²) in [7, 11) is 4.29. The minimum atomic E-state index is -1.11. The summed E-state index contributed by atoms with van der Waals surface area (Å²) < 4.78 is 15.3. The molecule has 0 unspecified atom stereocenters. The van der Waals surface area contributed by atoms with E-state index in [1.807, 2.05) is 0 Å². The van der Waals surface area contributed by atoms with Crippen LogP contribution in [0.15, 0.2) is 12.6 Å². The number of carboxylic acid groups (broad SMARTS) is 1. The van der Waals surface area contributed by atoms with Gasteiger partial charge in [-0.15, -0.1) is 0 Å². The summed E-state index contributed by atoms with van der Waals surface area (Å²) in [6.07, 6.45) is 1.40. The molecule has 0 radical (unpaired) electrons. The Hall–Kier alpha value is -2.17. The second kappa shape index (κ2) is 5.25. The topological polar surface area (TPSA) is 65.0 Å². The monoisotopic (exact) mass is 238 g/mol. The van der Waals surface area contributed by atoms with Gasteiger partial charge in [-0.25, -0.2) is 4.79 Å². The highest BCUT2D eigenvalue weighted by atomic mass is 16.5. The standard InChI is InChI=1S/C12H14O5/c1-5-7-10(12(13)14)8(15-2)6-9(16-3)11(7)17-4/h5-6H,1H2,2-4H3,(H,13,14). The molecule has 0 fully saturated rings. The summed E-state index contributed by atoms with van der Waals surface area (Å²) in [6.45, 7) is 3.58. The van der Waals surface area contributed by atoms with Gasteiger partial charge in [0.15, 0.2) is 11.5 Å². The zero-order valence-electron chi connectivity index (χ0n) is 9.94. The van der Waals surface area contributed by atoms with E-state index in [9.17, 15) is 4.79 Å². The number of carboxylic acids is 1. The second-order valence-electron chi connectivity index (χ2n) is 3.11. The van der Waals surface area contributed by atoms with Crippen LogP contribution >= 0.6 is 0 Å². The lowest BCUT2D eigenvalue weighted by atomic mass is 10.0. The smallest absolute Gasteiger partial charge is 0.340 e. The molecule has 17 heavy (non-hydrogen) atoms. The Morgan fingerprint density at radius 3 is 2.18 bits per heavy atom. The van der Waals surface area contributed by atoms with Crippen LogP contribution in [-0.2, 0) is 0 Å². The second-order valence-corrected chi connectivity index (χ2v) is 3.11. The molecule has 0 aromatic heterocycles. The van der Waals surface area contributed by atoms with Crippen molar-refractivity contribution in [3.8, 4) is 17.2 Å². The minimum Gasteiger partial charge on any atom is -0.496 e. The van der Waals surface area contributed by atoms with Gasteiger partial charge in [0.2, 0.25) is 0 Å². The number of aromatic carboxylic acids is 1. The molecular formula is C12H14O5. The molecule has 1 rings (SSSR count). The maximum absolute atomic E-state index is 11.2. The van der Waals surface area contributed by atoms with E-state index in [4.69, 9.17) is 19.3 Å². The predicted molar refractivity (Wildman–Crippen MR) is 63.1 cm³/mol. The Morgan fingerprint density at radius 2 is 1.82 bits per heavy atom. The minimum absolute atomic E-state index is 0.000139. The maximum atomic E-state index is 11.2. The first-order valence-corrected chi connectivity index (χ1v) is 4.79. The lowest BCUT2D eigenvalue weighted by Crippen LogP contribution is -2.06. The van der Waals surface area contributed by atoms with Crippen molar-refractivity contribution in [3.63, 3.8) is 0 Å². The number of hydrogen-bond acceptors (Lipinski definition) is 4. The van der Waals surface area contributed by atoms with E-state index >= 15 is 0 Å². The molecule has 0 aliphatic rings. The van der Waals surface area contributed by atoms with Crippen LogP contribution in [0.4, 0.5) is 0 Å². The summed E-state index contributed by atoms with van der Waals surface area (Å²) in [5, 5.41) is 9.17. The molecule has 0 saturated heterocycles. The quantitative estimate of drug-likeness (QED) is 0.850. The van der Waals surface area contributed by atoms with Crippen molar-refractivity contribution in [3.05, 3.63) is 23.8 Å². The molecule has 5 heteroatoms. The first-order valence-electron chi connectivity index (χ1n) is 4.79. The first kappa shape index (κ1) is 12.9. The lowest BCUT2D eigenvalue weighted by Gasteiger charge is -2.15. The third-order valence-corrected chi connectivity index (χ3v) is 2.31. The van der Waals surface area contributed by atoms with Crippen molar-refractivity contribution < 1.29 is 24.1 Å². The van der Waals surface area contributed by atoms with Crippen LogP contribution in [0.3, 0.4) is 0 Å². The summed E-state index contributed by atoms with van der Waals surface area (Å²) >= 11 is 0. The highest BCUT2D eigenvalue weighted by Crippen LogP contribution is 2.40. The molecule has 0 bridgehead atoms. The molecule has 0 atom stereocenters. The van der Waals surface area contributed by atoms with E-state index in [0.717, 1.165) is 0 Å². The SMILES string of the molecule is C=Cc1c(OC)c(OC)cc(OC)c1C(=O)O. The first-order chi connectivity index (χ1) is 8.10. The van der Waals surface area contributed by atoms with E-state index < -0.39 is 5.97 Å². The van der Waals surface area contributed by atoms with Crippen LogP contribution in [0.1, 0.15) is 15.9 Å². The van der Waals surface area contributed by atoms with Crippen LogP contribution in [0.25, 0.3) is 6.08 Å². The van der Waals surface area contributed by atoms with Crippen LogP contribution in [0.2, 0.25) is 0 Å². The Morgan fingerprint density at radius 1 is 1.24 bits per heavy atom. The van der Waals surface area contributed by atoms with Gasteiger partial charge in [0.1, 0.15) is 11.3 Å². The van der Waals surface area contributed by atoms with Gasteiger partial charge in [-0.1, -0.05) is 12.7 Å². The van der Waals surface area contributed by atoms with Gasteiger partial charge >= 0.3 is 5.97 Å². The molecule has 5 nitrogen and oxygen atoms in total. The van der Waals surface area contributed by atoms with E-state index in [0.29, 0.717) is 17.1 Å². The molecule has 1 aromatic rings. The van der Waals surface area contributed by atoms with Gasteiger partial charge in [-0.3, -0.25) is 0 Å². The largest absolute Gasteiger partial charge is 0.496 e. The average Bonchev–Trinajstić information content (AvgIpc) is 2.35. The highest BCUT2D eigenvalue weighted by molar-refractivity contribution is 5.97. The van der Waals surface area contributed by atoms with E-state index in [1.165, 1.54) is 33.5 Å². The Kier molecular flexibility index (Phi) is 3.98. The maximum Gasteiger partial charge on any atom is 0.340 e. The number of methoxy groups -OCH3 is 3. The van der Waals surface area contributed by atoms with E-state index in [1.54, 1.807) is 0 Å².